The zero-order valence-corrected chi connectivity index (χ0v) is 4.68. The van der Waals surface area contributed by atoms with Crippen LogP contribution in [0.2, 0.25) is 0 Å². The highest BCUT2D eigenvalue weighted by atomic mass is 14.9. The van der Waals surface area contributed by atoms with Gasteiger partial charge in [-0.2, -0.15) is 0 Å². The molecule has 2 radical (unpaired) electrons. The summed E-state index contributed by atoms with van der Waals surface area (Å²) in [6, 6.07) is 9.40. The van der Waals surface area contributed by atoms with E-state index >= 15 is 0 Å². The van der Waals surface area contributed by atoms with Crippen molar-refractivity contribution in [1.82, 2.24) is 9.97 Å². The molecule has 1 heterocycles. The zero-order valence-electron chi connectivity index (χ0n) is 4.68. The Kier molecular flexibility index (Phi) is 0.803. The topological polar surface area (TPSA) is 28.7 Å². The molecule has 42 valence electrons. The maximum Gasteiger partial charge on any atom is 0.0968 e. The SMILES string of the molecule is [c]1[c]c2nc[nH]c2cc1. The molecule has 1 aromatic carbocycles. The van der Waals surface area contributed by atoms with Gasteiger partial charge in [0.15, 0.2) is 0 Å². The van der Waals surface area contributed by atoms with Crippen LogP contribution in [0, 0.1) is 12.1 Å². The summed E-state index contributed by atoms with van der Waals surface area (Å²) in [6.45, 7) is 0. The first-order valence-electron chi connectivity index (χ1n) is 2.68. The third-order valence-corrected chi connectivity index (χ3v) is 1.19. The molecule has 0 spiro atoms. The lowest BCUT2D eigenvalue weighted by atomic mass is 10.3. The van der Waals surface area contributed by atoms with Gasteiger partial charge in [0.2, 0.25) is 0 Å². The van der Waals surface area contributed by atoms with Crippen molar-refractivity contribution in [2.75, 3.05) is 0 Å². The number of aromatic amines is 1. The van der Waals surface area contributed by atoms with E-state index in [1.807, 2.05) is 6.07 Å². The van der Waals surface area contributed by atoms with Gasteiger partial charge in [0.1, 0.15) is 0 Å². The number of nitrogens with zero attached hydrogens (tertiary/aromatic N) is 1. The van der Waals surface area contributed by atoms with E-state index in [0.717, 1.165) is 11.0 Å². The third kappa shape index (κ3) is 0.598. The van der Waals surface area contributed by atoms with Crippen molar-refractivity contribution in [1.29, 1.82) is 0 Å². The molecule has 0 aliphatic carbocycles. The largest absolute Gasteiger partial charge is 0.345 e. The van der Waals surface area contributed by atoms with Crippen LogP contribution in [-0.4, -0.2) is 9.97 Å². The summed E-state index contributed by atoms with van der Waals surface area (Å²) in [5.74, 6) is 0. The molecule has 0 aliphatic rings. The van der Waals surface area contributed by atoms with Crippen molar-refractivity contribution in [2.24, 2.45) is 0 Å². The smallest absolute Gasteiger partial charge is 0.0968 e. The van der Waals surface area contributed by atoms with Gasteiger partial charge in [-0.05, 0) is 12.1 Å². The number of rotatable bonds is 0. The Bertz CT molecular complexity index is 281. The number of benzene rings is 1. The van der Waals surface area contributed by atoms with E-state index in [-0.39, 0.29) is 0 Å². The lowest BCUT2D eigenvalue weighted by molar-refractivity contribution is 1.34. The predicted molar refractivity (Wildman–Crippen MR) is 33.8 cm³/mol. The van der Waals surface area contributed by atoms with Crippen LogP contribution in [0.1, 0.15) is 0 Å². The van der Waals surface area contributed by atoms with Gasteiger partial charge in [0.25, 0.3) is 0 Å². The Labute approximate surface area is 52.5 Å². The molecule has 0 amide bonds. The summed E-state index contributed by atoms with van der Waals surface area (Å²) in [4.78, 5) is 6.93. The Morgan fingerprint density at radius 1 is 1.56 bits per heavy atom. The summed E-state index contributed by atoms with van der Waals surface area (Å²) < 4.78 is 0. The highest BCUT2D eigenvalue weighted by Crippen LogP contribution is 2.04. The molecule has 2 rings (SSSR count). The van der Waals surface area contributed by atoms with Gasteiger partial charge in [0.05, 0.1) is 17.4 Å². The fourth-order valence-electron chi connectivity index (χ4n) is 0.766. The van der Waals surface area contributed by atoms with E-state index in [4.69, 9.17) is 0 Å². The van der Waals surface area contributed by atoms with Crippen molar-refractivity contribution < 1.29 is 0 Å². The number of imidazole rings is 1. The molecule has 2 heteroatoms. The Balaban J connectivity index is 2.95. The van der Waals surface area contributed by atoms with Gasteiger partial charge < -0.3 is 4.98 Å². The van der Waals surface area contributed by atoms with E-state index in [9.17, 15) is 0 Å². The van der Waals surface area contributed by atoms with E-state index < -0.39 is 0 Å². The maximum absolute atomic E-state index is 3.98. The van der Waals surface area contributed by atoms with Crippen molar-refractivity contribution in [3.8, 4) is 0 Å². The van der Waals surface area contributed by atoms with Crippen LogP contribution < -0.4 is 0 Å². The van der Waals surface area contributed by atoms with Crippen LogP contribution in [0.25, 0.3) is 11.0 Å². The molecular weight excluding hydrogens is 112 g/mol. The summed E-state index contributed by atoms with van der Waals surface area (Å²) in [5.41, 5.74) is 1.85. The van der Waals surface area contributed by atoms with Crippen LogP contribution in [0.15, 0.2) is 18.5 Å². The summed E-state index contributed by atoms with van der Waals surface area (Å²) in [7, 11) is 0. The van der Waals surface area contributed by atoms with Crippen molar-refractivity contribution in [3.05, 3.63) is 30.6 Å². The number of fused-ring (bicyclic) bond motifs is 1. The quantitative estimate of drug-likeness (QED) is 0.549. The zero-order chi connectivity index (χ0) is 6.10. The van der Waals surface area contributed by atoms with Gasteiger partial charge in [-0.3, -0.25) is 0 Å². The van der Waals surface area contributed by atoms with Gasteiger partial charge in [0, 0.05) is 6.07 Å². The van der Waals surface area contributed by atoms with E-state index in [1.54, 1.807) is 12.4 Å². The first-order valence-corrected chi connectivity index (χ1v) is 2.68. The van der Waals surface area contributed by atoms with Gasteiger partial charge in [-0.1, -0.05) is 6.07 Å². The molecule has 0 atom stereocenters. The number of nitrogens with one attached hydrogen (secondary N) is 1. The molecular formula is C7H4N2. The summed E-state index contributed by atoms with van der Waals surface area (Å²) in [6.07, 6.45) is 1.65. The Morgan fingerprint density at radius 2 is 2.56 bits per heavy atom. The number of hydrogen-bond donors (Lipinski definition) is 1. The normalized spacial score (nSPS) is 10.2. The van der Waals surface area contributed by atoms with Crippen molar-refractivity contribution >= 4 is 11.0 Å². The second-order valence-electron chi connectivity index (χ2n) is 1.77. The number of hydrogen-bond acceptors (Lipinski definition) is 1. The molecule has 0 saturated carbocycles. The molecule has 0 aliphatic heterocycles. The van der Waals surface area contributed by atoms with Crippen LogP contribution in [0.5, 0.6) is 0 Å². The first kappa shape index (κ1) is 4.56. The number of aromatic nitrogens is 2. The number of H-pyrrole nitrogens is 1. The minimum Gasteiger partial charge on any atom is -0.345 e. The van der Waals surface area contributed by atoms with Crippen LogP contribution in [-0.2, 0) is 0 Å². The van der Waals surface area contributed by atoms with E-state index in [1.165, 1.54) is 0 Å². The highest BCUT2D eigenvalue weighted by molar-refractivity contribution is 5.72. The van der Waals surface area contributed by atoms with Crippen molar-refractivity contribution in [2.45, 2.75) is 0 Å². The lowest BCUT2D eigenvalue weighted by Gasteiger charge is -1.79. The van der Waals surface area contributed by atoms with Gasteiger partial charge in [-0.15, -0.1) is 0 Å². The molecule has 2 aromatic rings. The Morgan fingerprint density at radius 3 is 3.44 bits per heavy atom. The minimum atomic E-state index is 0.845. The third-order valence-electron chi connectivity index (χ3n) is 1.19. The van der Waals surface area contributed by atoms with Gasteiger partial charge >= 0.3 is 0 Å². The molecule has 1 N–H and O–H groups in total. The predicted octanol–water partition coefficient (Wildman–Crippen LogP) is 1.16. The molecule has 1 aromatic heterocycles. The highest BCUT2D eigenvalue weighted by Gasteiger charge is 1.89. The van der Waals surface area contributed by atoms with Gasteiger partial charge in [-0.25, -0.2) is 4.98 Å². The molecule has 0 bridgehead atoms. The second-order valence-corrected chi connectivity index (χ2v) is 1.77. The molecule has 0 saturated heterocycles. The van der Waals surface area contributed by atoms with E-state index in [0.29, 0.717) is 0 Å². The monoisotopic (exact) mass is 116 g/mol. The average Bonchev–Trinajstić information content (AvgIpc) is 2.33. The summed E-state index contributed by atoms with van der Waals surface area (Å²) in [5, 5.41) is 0. The van der Waals surface area contributed by atoms with Crippen LogP contribution >= 0.6 is 0 Å². The minimum absolute atomic E-state index is 0.845. The second kappa shape index (κ2) is 1.58. The first-order chi connectivity index (χ1) is 4.47. The summed E-state index contributed by atoms with van der Waals surface area (Å²) >= 11 is 0. The molecule has 2 nitrogen and oxygen atoms in total. The standard InChI is InChI=1S/C7H4N2/c1-2-4-7-6(3-1)8-5-9-7/h1,3,5H,(H,8,9). The fourth-order valence-corrected chi connectivity index (χ4v) is 0.766. The van der Waals surface area contributed by atoms with Crippen LogP contribution in [0.4, 0.5) is 0 Å². The molecule has 9 heavy (non-hydrogen) atoms. The maximum atomic E-state index is 3.98. The average molecular weight is 116 g/mol. The lowest BCUT2D eigenvalue weighted by Crippen LogP contribution is -1.65. The fraction of sp³-hybridized carbons (Fsp3) is 0. The van der Waals surface area contributed by atoms with Crippen molar-refractivity contribution in [3.63, 3.8) is 0 Å². The molecule has 0 unspecified atom stereocenters. The van der Waals surface area contributed by atoms with E-state index in [2.05, 4.69) is 22.1 Å². The molecule has 0 fully saturated rings. The Hall–Kier alpha value is -1.31. The van der Waals surface area contributed by atoms with Crippen LogP contribution in [0.3, 0.4) is 0 Å².